The van der Waals surface area contributed by atoms with E-state index in [2.05, 4.69) is 14.8 Å². The molecule has 94 valence electrons. The van der Waals surface area contributed by atoms with E-state index < -0.39 is 0 Å². The number of fused-ring (bicyclic) bond motifs is 1. The molecule has 2 atom stereocenters. The van der Waals surface area contributed by atoms with Gasteiger partial charge in [0, 0.05) is 13.0 Å². The van der Waals surface area contributed by atoms with E-state index in [1.807, 2.05) is 0 Å². The zero-order valence-corrected chi connectivity index (χ0v) is 9.84. The monoisotopic (exact) mass is 238 g/mol. The van der Waals surface area contributed by atoms with Crippen molar-refractivity contribution in [3.05, 3.63) is 11.6 Å². The van der Waals surface area contributed by atoms with E-state index in [4.69, 9.17) is 15.2 Å². The highest BCUT2D eigenvalue weighted by Crippen LogP contribution is 2.25. The van der Waals surface area contributed by atoms with Gasteiger partial charge in [-0.3, -0.25) is 0 Å². The first-order chi connectivity index (χ1) is 8.38. The van der Waals surface area contributed by atoms with E-state index in [1.54, 1.807) is 0 Å². The number of ether oxygens (including phenoxy) is 2. The molecular formula is C11H18N4O2. The third-order valence-corrected chi connectivity index (χ3v) is 3.53. The predicted octanol–water partition coefficient (Wildman–Crippen LogP) is -0.113. The minimum Gasteiger partial charge on any atom is -0.376 e. The summed E-state index contributed by atoms with van der Waals surface area (Å²) in [5, 5.41) is 8.51. The van der Waals surface area contributed by atoms with Crippen LogP contribution in [0.15, 0.2) is 0 Å². The Bertz CT molecular complexity index is 387. The van der Waals surface area contributed by atoms with Crippen molar-refractivity contribution in [3.8, 4) is 0 Å². The Labute approximate surface area is 100 Å². The molecule has 0 spiro atoms. The first-order valence-electron chi connectivity index (χ1n) is 6.20. The number of nitrogens with two attached hydrogens (primary N) is 1. The lowest BCUT2D eigenvalue weighted by Gasteiger charge is -2.26. The van der Waals surface area contributed by atoms with Crippen LogP contribution in [-0.2, 0) is 22.4 Å². The topological polar surface area (TPSA) is 75.2 Å². The van der Waals surface area contributed by atoms with Gasteiger partial charge < -0.3 is 19.8 Å². The molecule has 0 aromatic carbocycles. The SMILES string of the molecule is NCC1CCn2c(nnc2C2COCCO2)C1. The normalized spacial score (nSPS) is 29.0. The van der Waals surface area contributed by atoms with Gasteiger partial charge in [-0.1, -0.05) is 0 Å². The molecule has 0 radical (unpaired) electrons. The van der Waals surface area contributed by atoms with Gasteiger partial charge in [0.05, 0.1) is 19.8 Å². The Hall–Kier alpha value is -0.980. The summed E-state index contributed by atoms with van der Waals surface area (Å²) in [6, 6.07) is 0. The molecule has 1 aromatic rings. The lowest BCUT2D eigenvalue weighted by Crippen LogP contribution is -2.29. The number of hydrogen-bond acceptors (Lipinski definition) is 5. The largest absolute Gasteiger partial charge is 0.376 e. The second kappa shape index (κ2) is 4.72. The lowest BCUT2D eigenvalue weighted by atomic mass is 9.98. The summed E-state index contributed by atoms with van der Waals surface area (Å²) in [6.07, 6.45) is 1.97. The minimum absolute atomic E-state index is 0.0561. The summed E-state index contributed by atoms with van der Waals surface area (Å²) in [5.74, 6) is 2.49. The molecule has 3 rings (SSSR count). The molecule has 1 saturated heterocycles. The van der Waals surface area contributed by atoms with Crippen molar-refractivity contribution in [3.63, 3.8) is 0 Å². The molecule has 6 heteroatoms. The third kappa shape index (κ3) is 2.08. The van der Waals surface area contributed by atoms with Crippen LogP contribution < -0.4 is 5.73 Å². The molecule has 0 saturated carbocycles. The van der Waals surface area contributed by atoms with Gasteiger partial charge in [-0.05, 0) is 18.9 Å². The highest BCUT2D eigenvalue weighted by Gasteiger charge is 2.28. The van der Waals surface area contributed by atoms with Gasteiger partial charge >= 0.3 is 0 Å². The number of hydrogen-bond donors (Lipinski definition) is 1. The first kappa shape index (κ1) is 11.1. The molecule has 0 bridgehead atoms. The highest BCUT2D eigenvalue weighted by molar-refractivity contribution is 5.04. The Morgan fingerprint density at radius 1 is 1.35 bits per heavy atom. The summed E-state index contributed by atoms with van der Waals surface area (Å²) in [7, 11) is 0. The van der Waals surface area contributed by atoms with Gasteiger partial charge in [-0.2, -0.15) is 0 Å². The van der Waals surface area contributed by atoms with E-state index in [9.17, 15) is 0 Å². The molecular weight excluding hydrogens is 220 g/mol. The fourth-order valence-corrected chi connectivity index (χ4v) is 2.49. The van der Waals surface area contributed by atoms with Crippen molar-refractivity contribution >= 4 is 0 Å². The summed E-state index contributed by atoms with van der Waals surface area (Å²) < 4.78 is 13.3. The van der Waals surface area contributed by atoms with Gasteiger partial charge in [0.25, 0.3) is 0 Å². The van der Waals surface area contributed by atoms with Crippen LogP contribution in [0.3, 0.4) is 0 Å². The number of aromatic nitrogens is 3. The van der Waals surface area contributed by atoms with Crippen LogP contribution in [0.2, 0.25) is 0 Å². The standard InChI is InChI=1S/C11H18N4O2/c12-6-8-1-2-15-10(5-8)13-14-11(15)9-7-16-3-4-17-9/h8-9H,1-7,12H2. The molecule has 0 aliphatic carbocycles. The molecule has 2 unspecified atom stereocenters. The summed E-state index contributed by atoms with van der Waals surface area (Å²) in [6.45, 7) is 3.56. The van der Waals surface area contributed by atoms with E-state index in [1.165, 1.54) is 0 Å². The molecule has 1 fully saturated rings. The smallest absolute Gasteiger partial charge is 0.164 e. The molecule has 2 aliphatic rings. The zero-order valence-electron chi connectivity index (χ0n) is 9.84. The Balaban J connectivity index is 1.80. The maximum Gasteiger partial charge on any atom is 0.164 e. The van der Waals surface area contributed by atoms with Crippen LogP contribution in [0.4, 0.5) is 0 Å². The van der Waals surface area contributed by atoms with Gasteiger partial charge in [-0.15, -0.1) is 10.2 Å². The quantitative estimate of drug-likeness (QED) is 0.778. The van der Waals surface area contributed by atoms with Gasteiger partial charge in [0.15, 0.2) is 5.82 Å². The van der Waals surface area contributed by atoms with Crippen LogP contribution in [-0.4, -0.2) is 41.1 Å². The van der Waals surface area contributed by atoms with E-state index >= 15 is 0 Å². The number of nitrogens with zero attached hydrogens (tertiary/aromatic N) is 3. The van der Waals surface area contributed by atoms with Crippen LogP contribution in [0, 0.1) is 5.92 Å². The summed E-state index contributed by atoms with van der Waals surface area (Å²) in [4.78, 5) is 0. The Morgan fingerprint density at radius 2 is 2.29 bits per heavy atom. The van der Waals surface area contributed by atoms with Gasteiger partial charge in [-0.25, -0.2) is 0 Å². The fourth-order valence-electron chi connectivity index (χ4n) is 2.49. The minimum atomic E-state index is -0.0561. The first-order valence-corrected chi connectivity index (χ1v) is 6.20. The lowest BCUT2D eigenvalue weighted by molar-refractivity contribution is -0.0950. The van der Waals surface area contributed by atoms with E-state index in [0.29, 0.717) is 25.7 Å². The highest BCUT2D eigenvalue weighted by atomic mass is 16.6. The van der Waals surface area contributed by atoms with Gasteiger partial charge in [0.1, 0.15) is 11.9 Å². The average Bonchev–Trinajstić information content (AvgIpc) is 2.82. The second-order valence-corrected chi connectivity index (χ2v) is 4.65. The van der Waals surface area contributed by atoms with Crippen molar-refractivity contribution in [1.82, 2.24) is 14.8 Å². The van der Waals surface area contributed by atoms with Crippen molar-refractivity contribution in [2.75, 3.05) is 26.4 Å². The second-order valence-electron chi connectivity index (χ2n) is 4.65. The average molecular weight is 238 g/mol. The molecule has 1 aromatic heterocycles. The molecule has 3 heterocycles. The molecule has 0 amide bonds. The van der Waals surface area contributed by atoms with Crippen molar-refractivity contribution in [1.29, 1.82) is 0 Å². The zero-order chi connectivity index (χ0) is 11.7. The maximum absolute atomic E-state index is 5.71. The summed E-state index contributed by atoms with van der Waals surface area (Å²) >= 11 is 0. The Kier molecular flexibility index (Phi) is 3.09. The van der Waals surface area contributed by atoms with Crippen LogP contribution in [0.25, 0.3) is 0 Å². The predicted molar refractivity (Wildman–Crippen MR) is 60.4 cm³/mol. The molecule has 17 heavy (non-hydrogen) atoms. The summed E-state index contributed by atoms with van der Waals surface area (Å²) in [5.41, 5.74) is 5.71. The van der Waals surface area contributed by atoms with Crippen LogP contribution in [0.5, 0.6) is 0 Å². The van der Waals surface area contributed by atoms with Crippen molar-refractivity contribution in [2.45, 2.75) is 25.5 Å². The van der Waals surface area contributed by atoms with E-state index in [-0.39, 0.29) is 6.10 Å². The molecule has 2 aliphatic heterocycles. The number of rotatable bonds is 2. The van der Waals surface area contributed by atoms with Crippen LogP contribution >= 0.6 is 0 Å². The van der Waals surface area contributed by atoms with Crippen molar-refractivity contribution in [2.24, 2.45) is 11.7 Å². The molecule has 2 N–H and O–H groups in total. The third-order valence-electron chi connectivity index (χ3n) is 3.53. The van der Waals surface area contributed by atoms with E-state index in [0.717, 1.165) is 37.6 Å². The van der Waals surface area contributed by atoms with Crippen molar-refractivity contribution < 1.29 is 9.47 Å². The van der Waals surface area contributed by atoms with Crippen LogP contribution in [0.1, 0.15) is 24.2 Å². The Morgan fingerprint density at radius 3 is 3.06 bits per heavy atom. The fraction of sp³-hybridized carbons (Fsp3) is 0.818. The van der Waals surface area contributed by atoms with Gasteiger partial charge in [0.2, 0.25) is 0 Å². The maximum atomic E-state index is 5.71. The molecule has 6 nitrogen and oxygen atoms in total.